The molecule has 1 heterocycles. The van der Waals surface area contributed by atoms with Crippen molar-refractivity contribution in [3.63, 3.8) is 0 Å². The molecule has 0 saturated heterocycles. The Bertz CT molecular complexity index is 471. The van der Waals surface area contributed by atoms with Crippen molar-refractivity contribution in [2.45, 2.75) is 0 Å². The maximum Gasteiger partial charge on any atom is 0.415 e. The summed E-state index contributed by atoms with van der Waals surface area (Å²) in [6, 6.07) is 9.15. The highest BCUT2D eigenvalue weighted by atomic mass is 16.4. The zero-order valence-corrected chi connectivity index (χ0v) is 7.29. The molecule has 14 heavy (non-hydrogen) atoms. The maximum atomic E-state index is 10.6. The second kappa shape index (κ2) is 4.10. The zero-order valence-electron chi connectivity index (χ0n) is 7.29. The number of para-hydroxylation sites is 1. The summed E-state index contributed by atoms with van der Waals surface area (Å²) >= 11 is 0. The lowest BCUT2D eigenvalue weighted by Crippen LogP contribution is -2.05. The van der Waals surface area contributed by atoms with Crippen LogP contribution < -0.4 is 0 Å². The van der Waals surface area contributed by atoms with Gasteiger partial charge in [-0.3, -0.25) is 4.57 Å². The first-order chi connectivity index (χ1) is 6.79. The van der Waals surface area contributed by atoms with Gasteiger partial charge in [0.15, 0.2) is 0 Å². The predicted molar refractivity (Wildman–Crippen MR) is 52.0 cm³/mol. The molecule has 0 unspecified atom stereocenters. The van der Waals surface area contributed by atoms with Gasteiger partial charge in [0.25, 0.3) is 0 Å². The van der Waals surface area contributed by atoms with E-state index in [2.05, 4.69) is 6.57 Å². The third-order valence-corrected chi connectivity index (χ3v) is 1.81. The topological polar surface area (TPSA) is 66.0 Å². The Morgan fingerprint density at radius 3 is 2.57 bits per heavy atom. The largest absolute Gasteiger partial charge is 0.464 e. The minimum atomic E-state index is -0.948. The molecular formula is C10H8N2O2. The molecule has 0 aliphatic rings. The molecule has 1 aromatic carbocycles. The number of benzene rings is 1. The number of nitrogens with zero attached hydrogens (tertiary/aromatic N) is 2. The van der Waals surface area contributed by atoms with Gasteiger partial charge in [-0.2, -0.15) is 0 Å². The molecule has 0 aliphatic carbocycles. The quantitative estimate of drug-likeness (QED) is 0.689. The number of nitriles is 1. The van der Waals surface area contributed by atoms with Crippen LogP contribution in [0.1, 0.15) is 0 Å². The molecule has 0 spiro atoms. The van der Waals surface area contributed by atoms with Gasteiger partial charge in [0.1, 0.15) is 0 Å². The molecule has 2 rings (SSSR count). The van der Waals surface area contributed by atoms with Crippen molar-refractivity contribution in [3.05, 3.63) is 36.5 Å². The molecule has 0 aliphatic heterocycles. The Labute approximate surface area is 80.6 Å². The average Bonchev–Trinajstić information content (AvgIpc) is 2.64. The fourth-order valence-corrected chi connectivity index (χ4v) is 1.25. The molecule has 0 radical (unpaired) electrons. The van der Waals surface area contributed by atoms with E-state index < -0.39 is 6.09 Å². The number of aromatic nitrogens is 1. The van der Waals surface area contributed by atoms with E-state index >= 15 is 0 Å². The number of fused-ring (bicyclic) bond motifs is 1. The Kier molecular flexibility index (Phi) is 2.87. The number of carbonyl (C=O) groups is 1. The Morgan fingerprint density at radius 1 is 1.29 bits per heavy atom. The van der Waals surface area contributed by atoms with Crippen LogP contribution in [0.4, 0.5) is 4.79 Å². The van der Waals surface area contributed by atoms with Crippen LogP contribution in [0.2, 0.25) is 0 Å². The van der Waals surface area contributed by atoms with E-state index in [0.29, 0.717) is 0 Å². The summed E-state index contributed by atoms with van der Waals surface area (Å²) in [6.45, 7) is 3.50. The van der Waals surface area contributed by atoms with Gasteiger partial charge in [-0.25, -0.2) is 10.1 Å². The minimum Gasteiger partial charge on any atom is -0.464 e. The van der Waals surface area contributed by atoms with Crippen LogP contribution in [0.3, 0.4) is 0 Å². The van der Waals surface area contributed by atoms with Gasteiger partial charge in [-0.15, -0.1) is 0 Å². The summed E-state index contributed by atoms with van der Waals surface area (Å²) in [4.78, 5) is 10.6. The van der Waals surface area contributed by atoms with E-state index in [-0.39, 0.29) is 0 Å². The van der Waals surface area contributed by atoms with Gasteiger partial charge in [0.2, 0.25) is 0 Å². The highest BCUT2D eigenvalue weighted by Crippen LogP contribution is 2.14. The van der Waals surface area contributed by atoms with E-state index in [9.17, 15) is 4.79 Å². The molecule has 1 N–H and O–H groups in total. The highest BCUT2D eigenvalue weighted by molar-refractivity contribution is 5.88. The Hall–Kier alpha value is -2.28. The van der Waals surface area contributed by atoms with E-state index in [4.69, 9.17) is 10.4 Å². The molecule has 0 amide bonds. The SMILES string of the molecule is C#N.O=C(O)n1ccc2ccccc21. The molecule has 2 aromatic rings. The summed E-state index contributed by atoms with van der Waals surface area (Å²) in [5.41, 5.74) is 0.727. The van der Waals surface area contributed by atoms with Crippen molar-refractivity contribution in [3.8, 4) is 6.57 Å². The lowest BCUT2D eigenvalue weighted by molar-refractivity contribution is 0.197. The zero-order chi connectivity index (χ0) is 10.6. The second-order valence-electron chi connectivity index (χ2n) is 2.53. The van der Waals surface area contributed by atoms with Gasteiger partial charge in [0.05, 0.1) is 5.52 Å². The number of rotatable bonds is 0. The monoisotopic (exact) mass is 188 g/mol. The van der Waals surface area contributed by atoms with Crippen LogP contribution in [0, 0.1) is 11.8 Å². The normalized spacial score (nSPS) is 9.00. The molecule has 0 bridgehead atoms. The molecule has 1 aromatic heterocycles. The lowest BCUT2D eigenvalue weighted by atomic mass is 10.2. The van der Waals surface area contributed by atoms with Crippen molar-refractivity contribution in [2.75, 3.05) is 0 Å². The van der Waals surface area contributed by atoms with E-state index in [1.165, 1.54) is 4.57 Å². The Balaban J connectivity index is 0.000000461. The van der Waals surface area contributed by atoms with Crippen molar-refractivity contribution in [1.82, 2.24) is 4.57 Å². The molecule has 0 saturated carbocycles. The summed E-state index contributed by atoms with van der Waals surface area (Å²) < 4.78 is 1.20. The third-order valence-electron chi connectivity index (χ3n) is 1.81. The summed E-state index contributed by atoms with van der Waals surface area (Å²) in [7, 11) is 0. The van der Waals surface area contributed by atoms with Crippen LogP contribution >= 0.6 is 0 Å². The van der Waals surface area contributed by atoms with Gasteiger partial charge in [-0.05, 0) is 12.1 Å². The fraction of sp³-hybridized carbons (Fsp3) is 0. The van der Waals surface area contributed by atoms with Crippen LogP contribution in [0.15, 0.2) is 36.5 Å². The number of carboxylic acid groups (broad SMARTS) is 1. The first kappa shape index (κ1) is 9.81. The van der Waals surface area contributed by atoms with Gasteiger partial charge >= 0.3 is 6.09 Å². The lowest BCUT2D eigenvalue weighted by Gasteiger charge is -1.95. The van der Waals surface area contributed by atoms with Crippen LogP contribution in [-0.2, 0) is 0 Å². The third kappa shape index (κ3) is 1.57. The summed E-state index contributed by atoms with van der Waals surface area (Å²) in [5.74, 6) is 0. The second-order valence-corrected chi connectivity index (χ2v) is 2.53. The molecule has 4 heteroatoms. The van der Waals surface area contributed by atoms with Crippen LogP contribution in [0.5, 0.6) is 0 Å². The van der Waals surface area contributed by atoms with Gasteiger partial charge < -0.3 is 5.11 Å². The highest BCUT2D eigenvalue weighted by Gasteiger charge is 2.04. The number of hydrogen-bond acceptors (Lipinski definition) is 2. The van der Waals surface area contributed by atoms with Crippen LogP contribution in [-0.4, -0.2) is 15.8 Å². The first-order valence-electron chi connectivity index (χ1n) is 3.84. The minimum absolute atomic E-state index is 0.727. The summed E-state index contributed by atoms with van der Waals surface area (Å²) in [6.07, 6.45) is 0.601. The van der Waals surface area contributed by atoms with Crippen molar-refractivity contribution in [1.29, 1.82) is 5.26 Å². The maximum absolute atomic E-state index is 10.6. The predicted octanol–water partition coefficient (Wildman–Crippen LogP) is 2.31. The van der Waals surface area contributed by atoms with E-state index in [0.717, 1.165) is 10.9 Å². The van der Waals surface area contributed by atoms with Crippen LogP contribution in [0.25, 0.3) is 10.9 Å². The van der Waals surface area contributed by atoms with E-state index in [1.54, 1.807) is 18.3 Å². The van der Waals surface area contributed by atoms with Crippen molar-refractivity contribution >= 4 is 17.0 Å². The molecule has 70 valence electrons. The van der Waals surface area contributed by atoms with Crippen molar-refractivity contribution in [2.24, 2.45) is 0 Å². The standard InChI is InChI=1S/C9H7NO2.CHN/c11-9(12)10-6-5-7-3-1-2-4-8(7)10;1-2/h1-6H,(H,11,12);1H. The molecular weight excluding hydrogens is 180 g/mol. The number of hydrogen-bond donors (Lipinski definition) is 1. The smallest absolute Gasteiger partial charge is 0.415 e. The first-order valence-corrected chi connectivity index (χ1v) is 3.84. The van der Waals surface area contributed by atoms with Gasteiger partial charge in [-0.1, -0.05) is 18.2 Å². The molecule has 4 nitrogen and oxygen atoms in total. The molecule has 0 fully saturated rings. The summed E-state index contributed by atoms with van der Waals surface area (Å²) in [5, 5.41) is 16.2. The Morgan fingerprint density at radius 2 is 1.93 bits per heavy atom. The van der Waals surface area contributed by atoms with E-state index in [1.807, 2.05) is 18.2 Å². The van der Waals surface area contributed by atoms with Gasteiger partial charge in [0, 0.05) is 18.2 Å². The average molecular weight is 188 g/mol. The fourth-order valence-electron chi connectivity index (χ4n) is 1.25. The molecule has 0 atom stereocenters. The van der Waals surface area contributed by atoms with Crippen molar-refractivity contribution < 1.29 is 9.90 Å².